The minimum absolute atomic E-state index is 0.270. The molecule has 0 spiro atoms. The van der Waals surface area contributed by atoms with Gasteiger partial charge in [-0.05, 0) is 18.2 Å². The lowest BCUT2D eigenvalue weighted by Crippen LogP contribution is -1.99. The van der Waals surface area contributed by atoms with Gasteiger partial charge in [0.1, 0.15) is 0 Å². The highest BCUT2D eigenvalue weighted by Gasteiger charge is 2.14. The lowest BCUT2D eigenvalue weighted by molar-refractivity contribution is 0.174. The van der Waals surface area contributed by atoms with E-state index in [1.54, 1.807) is 12.4 Å². The summed E-state index contributed by atoms with van der Waals surface area (Å²) < 4.78 is 10.6. The molecule has 0 bridgehead atoms. The SMILES string of the molecule is NCc1cnc(-c2ccc3c(c2)OCO3)nc1. The zero-order valence-electron chi connectivity index (χ0n) is 9.09. The van der Waals surface area contributed by atoms with Crippen LogP contribution < -0.4 is 15.2 Å². The van der Waals surface area contributed by atoms with Gasteiger partial charge in [-0.1, -0.05) is 0 Å². The smallest absolute Gasteiger partial charge is 0.231 e. The van der Waals surface area contributed by atoms with Crippen LogP contribution in [0.5, 0.6) is 11.5 Å². The molecule has 1 aromatic heterocycles. The van der Waals surface area contributed by atoms with Crippen LogP contribution >= 0.6 is 0 Å². The van der Waals surface area contributed by atoms with Gasteiger partial charge in [-0.2, -0.15) is 0 Å². The number of fused-ring (bicyclic) bond motifs is 1. The molecule has 0 amide bonds. The Morgan fingerprint density at radius 2 is 1.88 bits per heavy atom. The summed E-state index contributed by atoms with van der Waals surface area (Å²) in [6, 6.07) is 5.64. The molecule has 0 atom stereocenters. The van der Waals surface area contributed by atoms with Crippen molar-refractivity contribution in [3.8, 4) is 22.9 Å². The summed E-state index contributed by atoms with van der Waals surface area (Å²) in [6.07, 6.45) is 3.46. The van der Waals surface area contributed by atoms with Crippen LogP contribution in [0, 0.1) is 0 Å². The molecule has 0 fully saturated rings. The van der Waals surface area contributed by atoms with Crippen molar-refractivity contribution >= 4 is 0 Å². The van der Waals surface area contributed by atoms with E-state index >= 15 is 0 Å². The first-order valence-corrected chi connectivity index (χ1v) is 5.28. The van der Waals surface area contributed by atoms with Gasteiger partial charge in [0.15, 0.2) is 17.3 Å². The van der Waals surface area contributed by atoms with Gasteiger partial charge in [-0.25, -0.2) is 9.97 Å². The highest BCUT2D eigenvalue weighted by atomic mass is 16.7. The number of hydrogen-bond acceptors (Lipinski definition) is 5. The fraction of sp³-hybridized carbons (Fsp3) is 0.167. The number of nitrogens with two attached hydrogens (primary N) is 1. The Hall–Kier alpha value is -2.14. The Morgan fingerprint density at radius 1 is 1.12 bits per heavy atom. The number of nitrogens with zero attached hydrogens (tertiary/aromatic N) is 2. The van der Waals surface area contributed by atoms with Crippen LogP contribution in [0.3, 0.4) is 0 Å². The van der Waals surface area contributed by atoms with Crippen LogP contribution in [0.25, 0.3) is 11.4 Å². The maximum atomic E-state index is 5.50. The number of aromatic nitrogens is 2. The molecular formula is C12H11N3O2. The van der Waals surface area contributed by atoms with Crippen LogP contribution in [0.4, 0.5) is 0 Å². The molecule has 2 heterocycles. The molecule has 2 N–H and O–H groups in total. The Kier molecular flexibility index (Phi) is 2.38. The first-order chi connectivity index (χ1) is 8.36. The molecule has 2 aromatic rings. The van der Waals surface area contributed by atoms with Crippen molar-refractivity contribution in [1.82, 2.24) is 9.97 Å². The van der Waals surface area contributed by atoms with Gasteiger partial charge < -0.3 is 15.2 Å². The number of ether oxygens (including phenoxy) is 2. The molecular weight excluding hydrogens is 218 g/mol. The number of rotatable bonds is 2. The summed E-state index contributed by atoms with van der Waals surface area (Å²) in [5, 5.41) is 0. The van der Waals surface area contributed by atoms with E-state index in [0.717, 1.165) is 22.6 Å². The first-order valence-electron chi connectivity index (χ1n) is 5.28. The molecule has 5 heteroatoms. The molecule has 0 aliphatic carbocycles. The topological polar surface area (TPSA) is 70.3 Å². The van der Waals surface area contributed by atoms with Gasteiger partial charge in [-0.15, -0.1) is 0 Å². The second kappa shape index (κ2) is 4.03. The van der Waals surface area contributed by atoms with E-state index in [-0.39, 0.29) is 6.79 Å². The fourth-order valence-corrected chi connectivity index (χ4v) is 1.64. The average Bonchev–Trinajstić information content (AvgIpc) is 2.86. The predicted molar refractivity (Wildman–Crippen MR) is 61.5 cm³/mol. The Morgan fingerprint density at radius 3 is 2.65 bits per heavy atom. The summed E-state index contributed by atoms with van der Waals surface area (Å²) in [4.78, 5) is 8.52. The van der Waals surface area contributed by atoms with Gasteiger partial charge in [0.05, 0.1) is 0 Å². The maximum absolute atomic E-state index is 5.50. The third-order valence-corrected chi connectivity index (χ3v) is 2.57. The molecule has 0 radical (unpaired) electrons. The average molecular weight is 229 g/mol. The molecule has 1 aliphatic rings. The number of benzene rings is 1. The minimum Gasteiger partial charge on any atom is -0.454 e. The van der Waals surface area contributed by atoms with E-state index in [0.29, 0.717) is 12.4 Å². The monoisotopic (exact) mass is 229 g/mol. The van der Waals surface area contributed by atoms with Gasteiger partial charge in [0, 0.05) is 30.1 Å². The van der Waals surface area contributed by atoms with Crippen LogP contribution in [0.1, 0.15) is 5.56 Å². The molecule has 1 aliphatic heterocycles. The van der Waals surface area contributed by atoms with E-state index in [1.807, 2.05) is 18.2 Å². The standard InChI is InChI=1S/C12H11N3O2/c13-4-8-5-14-12(15-6-8)9-1-2-10-11(3-9)17-7-16-10/h1-3,5-6H,4,7,13H2. The van der Waals surface area contributed by atoms with Crippen molar-refractivity contribution in [1.29, 1.82) is 0 Å². The normalized spacial score (nSPS) is 12.8. The van der Waals surface area contributed by atoms with Crippen LogP contribution in [0.2, 0.25) is 0 Å². The molecule has 86 valence electrons. The number of hydrogen-bond donors (Lipinski definition) is 1. The lowest BCUT2D eigenvalue weighted by atomic mass is 10.2. The lowest BCUT2D eigenvalue weighted by Gasteiger charge is -2.02. The van der Waals surface area contributed by atoms with E-state index in [2.05, 4.69) is 9.97 Å². The van der Waals surface area contributed by atoms with Crippen molar-refractivity contribution in [2.24, 2.45) is 5.73 Å². The van der Waals surface area contributed by atoms with E-state index in [4.69, 9.17) is 15.2 Å². The second-order valence-corrected chi connectivity index (χ2v) is 3.69. The van der Waals surface area contributed by atoms with E-state index in [9.17, 15) is 0 Å². The van der Waals surface area contributed by atoms with E-state index < -0.39 is 0 Å². The van der Waals surface area contributed by atoms with Gasteiger partial charge in [0.25, 0.3) is 0 Å². The molecule has 3 rings (SSSR count). The van der Waals surface area contributed by atoms with Crippen molar-refractivity contribution in [2.45, 2.75) is 6.54 Å². The largest absolute Gasteiger partial charge is 0.454 e. The third-order valence-electron chi connectivity index (χ3n) is 2.57. The van der Waals surface area contributed by atoms with Crippen LogP contribution in [0.15, 0.2) is 30.6 Å². The predicted octanol–water partition coefficient (Wildman–Crippen LogP) is 1.33. The van der Waals surface area contributed by atoms with Crippen molar-refractivity contribution < 1.29 is 9.47 Å². The molecule has 0 saturated carbocycles. The van der Waals surface area contributed by atoms with Crippen molar-refractivity contribution in [3.63, 3.8) is 0 Å². The third kappa shape index (κ3) is 1.81. The summed E-state index contributed by atoms with van der Waals surface area (Å²) in [7, 11) is 0. The summed E-state index contributed by atoms with van der Waals surface area (Å²) >= 11 is 0. The first kappa shape index (κ1) is 10.0. The summed E-state index contributed by atoms with van der Waals surface area (Å²) in [6.45, 7) is 0.715. The quantitative estimate of drug-likeness (QED) is 0.841. The summed E-state index contributed by atoms with van der Waals surface area (Å²) in [5.41, 5.74) is 7.31. The fourth-order valence-electron chi connectivity index (χ4n) is 1.64. The molecule has 17 heavy (non-hydrogen) atoms. The molecule has 1 aromatic carbocycles. The Balaban J connectivity index is 1.97. The molecule has 5 nitrogen and oxygen atoms in total. The highest BCUT2D eigenvalue weighted by Crippen LogP contribution is 2.34. The van der Waals surface area contributed by atoms with Crippen LogP contribution in [-0.4, -0.2) is 16.8 Å². The van der Waals surface area contributed by atoms with Crippen molar-refractivity contribution in [2.75, 3.05) is 6.79 Å². The Bertz CT molecular complexity index is 540. The zero-order chi connectivity index (χ0) is 11.7. The highest BCUT2D eigenvalue weighted by molar-refractivity contribution is 5.61. The van der Waals surface area contributed by atoms with Gasteiger partial charge in [0.2, 0.25) is 6.79 Å². The Labute approximate surface area is 98.2 Å². The van der Waals surface area contributed by atoms with Gasteiger partial charge >= 0.3 is 0 Å². The molecule has 0 saturated heterocycles. The van der Waals surface area contributed by atoms with Crippen LogP contribution in [-0.2, 0) is 6.54 Å². The van der Waals surface area contributed by atoms with Gasteiger partial charge in [-0.3, -0.25) is 0 Å². The molecule has 0 unspecified atom stereocenters. The zero-order valence-corrected chi connectivity index (χ0v) is 9.09. The van der Waals surface area contributed by atoms with E-state index in [1.165, 1.54) is 0 Å². The summed E-state index contributed by atoms with van der Waals surface area (Å²) in [5.74, 6) is 2.14. The maximum Gasteiger partial charge on any atom is 0.231 e. The minimum atomic E-state index is 0.270. The van der Waals surface area contributed by atoms with Crippen molar-refractivity contribution in [3.05, 3.63) is 36.2 Å². The second-order valence-electron chi connectivity index (χ2n) is 3.69.